The van der Waals surface area contributed by atoms with E-state index in [1.807, 2.05) is 0 Å². The summed E-state index contributed by atoms with van der Waals surface area (Å²) in [6, 6.07) is 0. The predicted molar refractivity (Wildman–Crippen MR) is 55.6 cm³/mol. The first-order valence-corrected chi connectivity index (χ1v) is 5.08. The summed E-state index contributed by atoms with van der Waals surface area (Å²) in [4.78, 5) is 24.2. The summed E-state index contributed by atoms with van der Waals surface area (Å²) in [5, 5.41) is 4.57. The molecule has 15 heavy (non-hydrogen) atoms. The molecular weight excluding hydrogens is 196 g/mol. The molecular formula is C9H18N4O2. The van der Waals surface area contributed by atoms with Gasteiger partial charge in [0.2, 0.25) is 11.8 Å². The molecule has 86 valence electrons. The summed E-state index contributed by atoms with van der Waals surface area (Å²) in [6.07, 6.45) is 0. The van der Waals surface area contributed by atoms with E-state index >= 15 is 0 Å². The van der Waals surface area contributed by atoms with Gasteiger partial charge in [0, 0.05) is 40.0 Å². The lowest BCUT2D eigenvalue weighted by Gasteiger charge is -2.32. The number of hydrogen-bond donors (Lipinski definition) is 2. The zero-order valence-corrected chi connectivity index (χ0v) is 9.25. The van der Waals surface area contributed by atoms with Gasteiger partial charge in [-0.05, 0) is 0 Å². The summed E-state index contributed by atoms with van der Waals surface area (Å²) >= 11 is 0. The molecule has 0 unspecified atom stereocenters. The molecule has 0 aromatic carbocycles. The van der Waals surface area contributed by atoms with Crippen LogP contribution in [-0.4, -0.2) is 54.6 Å². The fourth-order valence-electron chi connectivity index (χ4n) is 1.46. The molecule has 1 aliphatic heterocycles. The average Bonchev–Trinajstić information content (AvgIpc) is 2.17. The topological polar surface area (TPSA) is 64.7 Å². The molecule has 0 spiro atoms. The van der Waals surface area contributed by atoms with Crippen molar-refractivity contribution in [3.8, 4) is 0 Å². The molecule has 0 radical (unpaired) electrons. The smallest absolute Gasteiger partial charge is 0.239 e. The van der Waals surface area contributed by atoms with E-state index in [1.165, 1.54) is 18.9 Å². The summed E-state index contributed by atoms with van der Waals surface area (Å²) in [6.45, 7) is 6.92. The molecule has 1 fully saturated rings. The summed E-state index contributed by atoms with van der Waals surface area (Å²) in [5.41, 5.74) is 2.51. The normalized spacial score (nSPS) is 17.2. The lowest BCUT2D eigenvalue weighted by Crippen LogP contribution is -2.54. The molecule has 1 aliphatic rings. The second-order valence-corrected chi connectivity index (χ2v) is 3.62. The molecule has 0 aliphatic carbocycles. The van der Waals surface area contributed by atoms with Crippen molar-refractivity contribution in [2.45, 2.75) is 13.8 Å². The largest absolute Gasteiger partial charge is 0.314 e. The van der Waals surface area contributed by atoms with Crippen molar-refractivity contribution in [2.24, 2.45) is 0 Å². The van der Waals surface area contributed by atoms with Crippen molar-refractivity contribution in [1.29, 1.82) is 0 Å². The standard InChI is InChI=1S/C9H18N4O2/c1-8(14)11-13(9(2)15)7-12-5-3-10-4-6-12/h10H,3-7H2,1-2H3,(H,11,14). The molecule has 0 atom stereocenters. The van der Waals surface area contributed by atoms with Crippen LogP contribution in [0.1, 0.15) is 13.8 Å². The van der Waals surface area contributed by atoms with Crippen LogP contribution in [0.4, 0.5) is 0 Å². The van der Waals surface area contributed by atoms with Crippen LogP contribution < -0.4 is 10.7 Å². The first kappa shape index (κ1) is 11.9. The molecule has 6 nitrogen and oxygen atoms in total. The van der Waals surface area contributed by atoms with Crippen LogP contribution in [0.5, 0.6) is 0 Å². The Morgan fingerprint density at radius 1 is 1.33 bits per heavy atom. The quantitative estimate of drug-likeness (QED) is 0.564. The number of hydrogen-bond acceptors (Lipinski definition) is 4. The van der Waals surface area contributed by atoms with Gasteiger partial charge in [-0.1, -0.05) is 0 Å². The van der Waals surface area contributed by atoms with Gasteiger partial charge >= 0.3 is 0 Å². The van der Waals surface area contributed by atoms with E-state index in [0.29, 0.717) is 6.67 Å². The number of piperazine rings is 1. The number of carbonyl (C=O) groups is 2. The van der Waals surface area contributed by atoms with Crippen LogP contribution in [-0.2, 0) is 9.59 Å². The Morgan fingerprint density at radius 2 is 1.93 bits per heavy atom. The summed E-state index contributed by atoms with van der Waals surface area (Å²) in [7, 11) is 0. The highest BCUT2D eigenvalue weighted by molar-refractivity contribution is 5.79. The predicted octanol–water partition coefficient (Wildman–Crippen LogP) is -1.25. The molecule has 2 amide bonds. The lowest BCUT2D eigenvalue weighted by atomic mass is 10.4. The molecule has 0 saturated carbocycles. The van der Waals surface area contributed by atoms with E-state index in [-0.39, 0.29) is 11.8 Å². The Kier molecular flexibility index (Phi) is 4.51. The zero-order valence-electron chi connectivity index (χ0n) is 9.25. The number of nitrogens with zero attached hydrogens (tertiary/aromatic N) is 2. The van der Waals surface area contributed by atoms with Gasteiger partial charge in [0.05, 0.1) is 6.67 Å². The minimum Gasteiger partial charge on any atom is -0.314 e. The van der Waals surface area contributed by atoms with Crippen molar-refractivity contribution in [2.75, 3.05) is 32.8 Å². The van der Waals surface area contributed by atoms with Crippen molar-refractivity contribution in [1.82, 2.24) is 20.7 Å². The van der Waals surface area contributed by atoms with Crippen LogP contribution in [0.25, 0.3) is 0 Å². The lowest BCUT2D eigenvalue weighted by molar-refractivity contribution is -0.141. The fraction of sp³-hybridized carbons (Fsp3) is 0.778. The number of amides is 2. The molecule has 0 aromatic rings. The van der Waals surface area contributed by atoms with Crippen LogP contribution in [0.15, 0.2) is 0 Å². The fourth-order valence-corrected chi connectivity index (χ4v) is 1.46. The minimum atomic E-state index is -0.222. The van der Waals surface area contributed by atoms with Gasteiger partial charge < -0.3 is 5.32 Å². The maximum Gasteiger partial charge on any atom is 0.239 e. The summed E-state index contributed by atoms with van der Waals surface area (Å²) < 4.78 is 0. The molecule has 1 rings (SSSR count). The van der Waals surface area contributed by atoms with Gasteiger partial charge in [-0.2, -0.15) is 0 Å². The van der Waals surface area contributed by atoms with Crippen molar-refractivity contribution in [3.05, 3.63) is 0 Å². The first-order chi connectivity index (χ1) is 7.09. The average molecular weight is 214 g/mol. The van der Waals surface area contributed by atoms with Crippen molar-refractivity contribution in [3.63, 3.8) is 0 Å². The molecule has 6 heteroatoms. The van der Waals surface area contributed by atoms with Crippen LogP contribution in [0.2, 0.25) is 0 Å². The van der Waals surface area contributed by atoms with E-state index in [2.05, 4.69) is 15.6 Å². The first-order valence-electron chi connectivity index (χ1n) is 5.08. The number of carbonyl (C=O) groups excluding carboxylic acids is 2. The van der Waals surface area contributed by atoms with Gasteiger partial charge in [0.15, 0.2) is 0 Å². The highest BCUT2D eigenvalue weighted by Crippen LogP contribution is 1.95. The van der Waals surface area contributed by atoms with E-state index in [9.17, 15) is 9.59 Å². The van der Waals surface area contributed by atoms with Crippen molar-refractivity contribution >= 4 is 11.8 Å². The van der Waals surface area contributed by atoms with Gasteiger partial charge in [0.25, 0.3) is 0 Å². The second kappa shape index (κ2) is 5.67. The molecule has 2 N–H and O–H groups in total. The zero-order chi connectivity index (χ0) is 11.3. The highest BCUT2D eigenvalue weighted by Gasteiger charge is 2.16. The number of rotatable bonds is 2. The van der Waals surface area contributed by atoms with Crippen molar-refractivity contribution < 1.29 is 9.59 Å². The Morgan fingerprint density at radius 3 is 2.40 bits per heavy atom. The monoisotopic (exact) mass is 214 g/mol. The van der Waals surface area contributed by atoms with Crippen LogP contribution in [0.3, 0.4) is 0 Å². The minimum absolute atomic E-state index is 0.149. The van der Waals surface area contributed by atoms with Gasteiger partial charge in [-0.3, -0.25) is 19.9 Å². The van der Waals surface area contributed by atoms with Gasteiger partial charge in [-0.25, -0.2) is 5.01 Å². The Labute approximate surface area is 89.6 Å². The molecule has 0 bridgehead atoms. The molecule has 0 aromatic heterocycles. The molecule has 1 heterocycles. The third kappa shape index (κ3) is 4.26. The highest BCUT2D eigenvalue weighted by atomic mass is 16.2. The van der Waals surface area contributed by atoms with Crippen LogP contribution in [0, 0.1) is 0 Å². The number of nitrogens with one attached hydrogen (secondary N) is 2. The Balaban J connectivity index is 2.42. The third-order valence-corrected chi connectivity index (χ3v) is 2.22. The maximum atomic E-state index is 11.2. The maximum absolute atomic E-state index is 11.2. The number of hydrazine groups is 1. The van der Waals surface area contributed by atoms with E-state index in [4.69, 9.17) is 0 Å². The van der Waals surface area contributed by atoms with Crippen LogP contribution >= 0.6 is 0 Å². The third-order valence-electron chi connectivity index (χ3n) is 2.22. The Bertz CT molecular complexity index is 238. The molecule has 1 saturated heterocycles. The Hall–Kier alpha value is -1.14. The van der Waals surface area contributed by atoms with E-state index in [1.54, 1.807) is 0 Å². The van der Waals surface area contributed by atoms with E-state index < -0.39 is 0 Å². The second-order valence-electron chi connectivity index (χ2n) is 3.62. The van der Waals surface area contributed by atoms with Gasteiger partial charge in [-0.15, -0.1) is 0 Å². The van der Waals surface area contributed by atoms with E-state index in [0.717, 1.165) is 26.2 Å². The van der Waals surface area contributed by atoms with Gasteiger partial charge in [0.1, 0.15) is 0 Å². The summed E-state index contributed by atoms with van der Waals surface area (Å²) in [5.74, 6) is -0.371. The SMILES string of the molecule is CC(=O)NN(CN1CCNCC1)C(C)=O.